The van der Waals surface area contributed by atoms with Crippen molar-refractivity contribution in [3.63, 3.8) is 0 Å². The van der Waals surface area contributed by atoms with Gasteiger partial charge in [-0.25, -0.2) is 9.55 Å². The third-order valence-corrected chi connectivity index (χ3v) is 4.78. The van der Waals surface area contributed by atoms with Crippen molar-refractivity contribution in [3.8, 4) is 0 Å². The lowest BCUT2D eigenvalue weighted by Crippen LogP contribution is -2.42. The Hall–Kier alpha value is -2.39. The van der Waals surface area contributed by atoms with Gasteiger partial charge in [-0.1, -0.05) is 0 Å². The first kappa shape index (κ1) is 21.3. The number of nitrogens with two attached hydrogens (primary N) is 2. The maximum Gasteiger partial charge on any atom is 0.469 e. The van der Waals surface area contributed by atoms with Gasteiger partial charge in [0.2, 0.25) is 5.95 Å². The van der Waals surface area contributed by atoms with Crippen molar-refractivity contribution >= 4 is 30.9 Å². The van der Waals surface area contributed by atoms with Gasteiger partial charge in [0.15, 0.2) is 23.5 Å². The highest BCUT2D eigenvalue weighted by Crippen LogP contribution is 2.42. The molecule has 1 fully saturated rings. The van der Waals surface area contributed by atoms with E-state index in [1.807, 2.05) is 0 Å². The minimum atomic E-state index is -4.91. The molecule has 0 amide bonds. The number of aromatic nitrogens is 4. The summed E-state index contributed by atoms with van der Waals surface area (Å²) < 4.78 is 27.7. The standard InChI is InChI=1S/C13H19N6O9P/c1-4(28-29(23,24)25)8-9(26-5(20)2-14)7(21)12(27-8)19-3-16-6-10(19)17-13(15)18-11(6)22/h3-4,7-9,12,21H,2,14H2,1H3,(H2,23,24,25)(H3,15,17,18,22)/t4?,7-,8+,9-,12-/m1/s1. The fourth-order valence-corrected chi connectivity index (χ4v) is 3.58. The van der Waals surface area contributed by atoms with Gasteiger partial charge in [0.25, 0.3) is 5.56 Å². The molecule has 0 bridgehead atoms. The lowest BCUT2D eigenvalue weighted by atomic mass is 10.1. The molecular weight excluding hydrogens is 415 g/mol. The largest absolute Gasteiger partial charge is 0.469 e. The molecule has 16 heteroatoms. The highest BCUT2D eigenvalue weighted by atomic mass is 31.2. The molecule has 5 atom stereocenters. The average Bonchev–Trinajstić information content (AvgIpc) is 3.15. The Morgan fingerprint density at radius 1 is 1.52 bits per heavy atom. The predicted octanol–water partition coefficient (Wildman–Crippen LogP) is -2.67. The molecule has 0 spiro atoms. The van der Waals surface area contributed by atoms with Crippen LogP contribution < -0.4 is 17.0 Å². The molecule has 0 aliphatic carbocycles. The number of aliphatic hydroxyl groups is 1. The number of esters is 1. The van der Waals surface area contributed by atoms with E-state index in [-0.39, 0.29) is 17.1 Å². The van der Waals surface area contributed by atoms with Crippen LogP contribution in [0.5, 0.6) is 0 Å². The van der Waals surface area contributed by atoms with Gasteiger partial charge >= 0.3 is 13.8 Å². The van der Waals surface area contributed by atoms with Crippen molar-refractivity contribution in [2.45, 2.75) is 37.6 Å². The summed E-state index contributed by atoms with van der Waals surface area (Å²) in [4.78, 5) is 51.8. The van der Waals surface area contributed by atoms with Gasteiger partial charge in [-0.05, 0) is 6.92 Å². The van der Waals surface area contributed by atoms with Crippen molar-refractivity contribution in [3.05, 3.63) is 16.7 Å². The number of ether oxygens (including phenoxy) is 2. The van der Waals surface area contributed by atoms with E-state index in [0.29, 0.717) is 0 Å². The third-order valence-electron chi connectivity index (χ3n) is 4.17. The maximum absolute atomic E-state index is 11.9. The van der Waals surface area contributed by atoms with Gasteiger partial charge < -0.3 is 35.8 Å². The molecule has 15 nitrogen and oxygen atoms in total. The highest BCUT2D eigenvalue weighted by molar-refractivity contribution is 7.46. The van der Waals surface area contributed by atoms with E-state index in [0.717, 1.165) is 6.33 Å². The number of phosphoric acid groups is 1. The normalized spacial score (nSPS) is 26.0. The molecule has 0 radical (unpaired) electrons. The SMILES string of the molecule is CC(OP(=O)(O)O)[C@@H]1O[C@@H](n2cnc3c(=O)[nH]c(N)nc32)[C@H](O)[C@H]1OC(=O)CN. The van der Waals surface area contributed by atoms with E-state index in [9.17, 15) is 19.3 Å². The second kappa shape index (κ2) is 7.79. The molecule has 0 aromatic carbocycles. The first-order valence-electron chi connectivity index (χ1n) is 8.21. The molecule has 0 saturated carbocycles. The van der Waals surface area contributed by atoms with Crippen molar-refractivity contribution in [1.29, 1.82) is 0 Å². The summed E-state index contributed by atoms with van der Waals surface area (Å²) in [6.07, 6.45) is -5.68. The van der Waals surface area contributed by atoms with E-state index in [2.05, 4.69) is 19.5 Å². The van der Waals surface area contributed by atoms with Crippen LogP contribution in [-0.4, -0.2) is 71.3 Å². The van der Waals surface area contributed by atoms with Crippen LogP contribution in [0.2, 0.25) is 0 Å². The Morgan fingerprint density at radius 2 is 2.21 bits per heavy atom. The van der Waals surface area contributed by atoms with Crippen LogP contribution in [-0.2, 0) is 23.4 Å². The molecule has 1 unspecified atom stereocenters. The summed E-state index contributed by atoms with van der Waals surface area (Å²) in [5.74, 6) is -1.10. The number of carbonyl (C=O) groups excluding carboxylic acids is 1. The van der Waals surface area contributed by atoms with Crippen LogP contribution in [0.1, 0.15) is 13.2 Å². The Morgan fingerprint density at radius 3 is 2.83 bits per heavy atom. The molecule has 160 valence electrons. The summed E-state index contributed by atoms with van der Waals surface area (Å²) in [7, 11) is -4.91. The van der Waals surface area contributed by atoms with Crippen LogP contribution in [0.4, 0.5) is 5.95 Å². The summed E-state index contributed by atoms with van der Waals surface area (Å²) >= 11 is 0. The Kier molecular flexibility index (Phi) is 5.73. The number of nitrogens with one attached hydrogen (secondary N) is 1. The maximum atomic E-state index is 11.9. The van der Waals surface area contributed by atoms with Crippen LogP contribution in [0.15, 0.2) is 11.1 Å². The Balaban J connectivity index is 1.99. The number of nitrogens with zero attached hydrogens (tertiary/aromatic N) is 3. The summed E-state index contributed by atoms with van der Waals surface area (Å²) in [5, 5.41) is 10.7. The van der Waals surface area contributed by atoms with Crippen LogP contribution in [0.3, 0.4) is 0 Å². The Bertz CT molecular complexity index is 1020. The second-order valence-corrected chi connectivity index (χ2v) is 7.41. The number of fused-ring (bicyclic) bond motifs is 1. The van der Waals surface area contributed by atoms with Crippen molar-refractivity contribution < 1.29 is 38.3 Å². The molecule has 8 N–H and O–H groups in total. The predicted molar refractivity (Wildman–Crippen MR) is 94.0 cm³/mol. The zero-order valence-electron chi connectivity index (χ0n) is 14.9. The molecule has 3 heterocycles. The van der Waals surface area contributed by atoms with Crippen molar-refractivity contribution in [2.75, 3.05) is 12.3 Å². The number of hydrogen-bond acceptors (Lipinski definition) is 11. The van der Waals surface area contributed by atoms with Gasteiger partial charge in [0.05, 0.1) is 19.0 Å². The highest BCUT2D eigenvalue weighted by Gasteiger charge is 2.51. The molecule has 29 heavy (non-hydrogen) atoms. The molecule has 1 aliphatic heterocycles. The summed E-state index contributed by atoms with van der Waals surface area (Å²) in [6.45, 7) is 0.755. The first-order valence-corrected chi connectivity index (χ1v) is 9.74. The number of imidazole rings is 1. The number of aromatic amines is 1. The minimum Gasteiger partial charge on any atom is -0.456 e. The number of carbonyl (C=O) groups is 1. The van der Waals surface area contributed by atoms with Gasteiger partial charge in [-0.2, -0.15) is 4.98 Å². The molecule has 3 rings (SSSR count). The minimum absolute atomic E-state index is 0.0246. The van der Waals surface area contributed by atoms with Crippen LogP contribution >= 0.6 is 7.82 Å². The number of nitrogen functional groups attached to an aromatic ring is 1. The second-order valence-electron chi connectivity index (χ2n) is 6.22. The quantitative estimate of drug-likeness (QED) is 0.201. The first-order chi connectivity index (χ1) is 13.5. The number of H-pyrrole nitrogens is 1. The van der Waals surface area contributed by atoms with Gasteiger partial charge in [0.1, 0.15) is 12.2 Å². The van der Waals surface area contributed by atoms with E-state index in [4.69, 9.17) is 30.7 Å². The van der Waals surface area contributed by atoms with Gasteiger partial charge in [0, 0.05) is 0 Å². The zero-order valence-corrected chi connectivity index (χ0v) is 15.8. The lowest BCUT2D eigenvalue weighted by Gasteiger charge is -2.25. The lowest BCUT2D eigenvalue weighted by molar-refractivity contribution is -0.156. The van der Waals surface area contributed by atoms with Gasteiger partial charge in [-0.3, -0.25) is 23.7 Å². The van der Waals surface area contributed by atoms with E-state index >= 15 is 0 Å². The monoisotopic (exact) mass is 434 g/mol. The topological polar surface area (TPSA) is 238 Å². The summed E-state index contributed by atoms with van der Waals surface area (Å²) in [5.41, 5.74) is 10.0. The smallest absolute Gasteiger partial charge is 0.456 e. The molecule has 1 aliphatic rings. The third kappa shape index (κ3) is 4.30. The molecule has 1 saturated heterocycles. The average molecular weight is 434 g/mol. The summed E-state index contributed by atoms with van der Waals surface area (Å²) in [6, 6.07) is 0. The van der Waals surface area contributed by atoms with Crippen LogP contribution in [0, 0.1) is 0 Å². The zero-order chi connectivity index (χ0) is 21.5. The fourth-order valence-electron chi connectivity index (χ4n) is 3.03. The number of anilines is 1. The fraction of sp³-hybridized carbons (Fsp3) is 0.538. The molecule has 2 aromatic rings. The molecule has 2 aromatic heterocycles. The number of rotatable bonds is 6. The number of hydrogen-bond donors (Lipinski definition) is 6. The van der Waals surface area contributed by atoms with E-state index < -0.39 is 56.5 Å². The Labute approximate surface area is 161 Å². The van der Waals surface area contributed by atoms with Crippen molar-refractivity contribution in [2.24, 2.45) is 5.73 Å². The number of aliphatic hydroxyl groups excluding tert-OH is 1. The van der Waals surface area contributed by atoms with Gasteiger partial charge in [-0.15, -0.1) is 0 Å². The van der Waals surface area contributed by atoms with E-state index in [1.54, 1.807) is 0 Å². The van der Waals surface area contributed by atoms with E-state index in [1.165, 1.54) is 11.5 Å². The molecular formula is C13H19N6O9P. The van der Waals surface area contributed by atoms with Crippen molar-refractivity contribution in [1.82, 2.24) is 19.5 Å². The van der Waals surface area contributed by atoms with Crippen LogP contribution in [0.25, 0.3) is 11.2 Å². The number of phosphoric ester groups is 1.